The Morgan fingerprint density at radius 1 is 1.00 bits per heavy atom. The number of rotatable bonds is 7. The van der Waals surface area contributed by atoms with Gasteiger partial charge in [-0.15, -0.1) is 0 Å². The van der Waals surface area contributed by atoms with Gasteiger partial charge in [0.05, 0.1) is 6.04 Å². The molecular formula is C21H32N2O6. The number of carboxylic acid groups (broad SMARTS) is 1. The Morgan fingerprint density at radius 3 is 2.03 bits per heavy atom. The quantitative estimate of drug-likeness (QED) is 0.716. The van der Waals surface area contributed by atoms with Crippen molar-refractivity contribution in [1.82, 2.24) is 10.2 Å². The lowest BCUT2D eigenvalue weighted by molar-refractivity contribution is -0.138. The van der Waals surface area contributed by atoms with E-state index in [-0.39, 0.29) is 6.54 Å². The van der Waals surface area contributed by atoms with Gasteiger partial charge in [-0.3, -0.25) is 9.69 Å². The van der Waals surface area contributed by atoms with Gasteiger partial charge in [0.15, 0.2) is 0 Å². The molecule has 2 amide bonds. The predicted molar refractivity (Wildman–Crippen MR) is 109 cm³/mol. The highest BCUT2D eigenvalue weighted by Crippen LogP contribution is 2.13. The lowest BCUT2D eigenvalue weighted by Crippen LogP contribution is -2.50. The molecular weight excluding hydrogens is 376 g/mol. The monoisotopic (exact) mass is 408 g/mol. The average molecular weight is 408 g/mol. The molecule has 8 nitrogen and oxygen atoms in total. The fraction of sp³-hybridized carbons (Fsp3) is 0.571. The first-order valence-electron chi connectivity index (χ1n) is 9.48. The molecule has 0 aromatic heterocycles. The van der Waals surface area contributed by atoms with Crippen LogP contribution in [-0.2, 0) is 20.7 Å². The van der Waals surface area contributed by atoms with E-state index in [0.29, 0.717) is 6.42 Å². The van der Waals surface area contributed by atoms with Crippen LogP contribution in [0.2, 0.25) is 0 Å². The van der Waals surface area contributed by atoms with Crippen molar-refractivity contribution in [2.75, 3.05) is 13.1 Å². The van der Waals surface area contributed by atoms with Crippen molar-refractivity contribution in [2.45, 2.75) is 65.2 Å². The summed E-state index contributed by atoms with van der Waals surface area (Å²) in [7, 11) is 0. The molecule has 1 aromatic rings. The van der Waals surface area contributed by atoms with Gasteiger partial charge in [-0.25, -0.2) is 9.59 Å². The van der Waals surface area contributed by atoms with Crippen LogP contribution in [0.3, 0.4) is 0 Å². The van der Waals surface area contributed by atoms with E-state index in [1.165, 1.54) is 0 Å². The second-order valence-electron chi connectivity index (χ2n) is 8.79. The van der Waals surface area contributed by atoms with Gasteiger partial charge >= 0.3 is 18.2 Å². The van der Waals surface area contributed by atoms with Crippen molar-refractivity contribution >= 4 is 18.2 Å². The number of amides is 2. The van der Waals surface area contributed by atoms with Gasteiger partial charge in [-0.05, 0) is 53.5 Å². The number of hydrogen-bond acceptors (Lipinski definition) is 5. The third-order valence-electron chi connectivity index (χ3n) is 3.46. The molecule has 1 atom stereocenters. The Kier molecular flexibility index (Phi) is 8.48. The van der Waals surface area contributed by atoms with Crippen LogP contribution in [0.5, 0.6) is 0 Å². The summed E-state index contributed by atoms with van der Waals surface area (Å²) >= 11 is 0. The minimum atomic E-state index is -1.17. The highest BCUT2D eigenvalue weighted by atomic mass is 16.6. The Balaban J connectivity index is 3.01. The molecule has 0 unspecified atom stereocenters. The first-order valence-corrected chi connectivity index (χ1v) is 9.48. The number of ether oxygens (including phenoxy) is 2. The number of carbonyl (C=O) groups excluding carboxylic acids is 2. The maximum absolute atomic E-state index is 12.5. The molecule has 0 spiro atoms. The molecule has 0 aliphatic carbocycles. The van der Waals surface area contributed by atoms with Gasteiger partial charge < -0.3 is 19.9 Å². The van der Waals surface area contributed by atoms with E-state index in [1.807, 2.05) is 30.3 Å². The lowest BCUT2D eigenvalue weighted by Gasteiger charge is -2.30. The van der Waals surface area contributed by atoms with Crippen molar-refractivity contribution in [3.8, 4) is 0 Å². The summed E-state index contributed by atoms with van der Waals surface area (Å²) in [6.07, 6.45) is -1.01. The Morgan fingerprint density at radius 2 is 1.55 bits per heavy atom. The summed E-state index contributed by atoms with van der Waals surface area (Å²) in [6.45, 7) is 9.74. The summed E-state index contributed by atoms with van der Waals surface area (Å²) in [4.78, 5) is 37.1. The molecule has 0 heterocycles. The second-order valence-corrected chi connectivity index (χ2v) is 8.79. The first kappa shape index (κ1) is 24.3. The van der Waals surface area contributed by atoms with Gasteiger partial charge in [-0.1, -0.05) is 30.3 Å². The molecule has 8 heteroatoms. The van der Waals surface area contributed by atoms with Crippen molar-refractivity contribution in [3.05, 3.63) is 35.9 Å². The van der Waals surface area contributed by atoms with E-state index in [9.17, 15) is 19.5 Å². The highest BCUT2D eigenvalue weighted by molar-refractivity contribution is 5.77. The van der Waals surface area contributed by atoms with Crippen molar-refractivity contribution in [1.29, 1.82) is 0 Å². The maximum atomic E-state index is 12.5. The van der Waals surface area contributed by atoms with Crippen LogP contribution >= 0.6 is 0 Å². The van der Waals surface area contributed by atoms with Crippen LogP contribution in [0.4, 0.5) is 9.59 Å². The molecule has 0 bridgehead atoms. The number of carbonyl (C=O) groups is 3. The second kappa shape index (κ2) is 10.1. The van der Waals surface area contributed by atoms with Crippen molar-refractivity contribution < 1.29 is 29.0 Å². The fourth-order valence-corrected chi connectivity index (χ4v) is 2.49. The van der Waals surface area contributed by atoms with Crippen molar-refractivity contribution in [3.63, 3.8) is 0 Å². The van der Waals surface area contributed by atoms with Crippen LogP contribution in [0.15, 0.2) is 30.3 Å². The zero-order chi connectivity index (χ0) is 22.2. The maximum Gasteiger partial charge on any atom is 0.410 e. The molecule has 29 heavy (non-hydrogen) atoms. The number of nitrogens with zero attached hydrogens (tertiary/aromatic N) is 1. The Bertz CT molecular complexity index is 691. The molecule has 1 rings (SSSR count). The molecule has 0 radical (unpaired) electrons. The van der Waals surface area contributed by atoms with E-state index < -0.39 is 41.9 Å². The predicted octanol–water partition coefficient (Wildman–Crippen LogP) is 3.44. The van der Waals surface area contributed by atoms with E-state index in [1.54, 1.807) is 41.5 Å². The molecule has 0 fully saturated rings. The van der Waals surface area contributed by atoms with Gasteiger partial charge in [0, 0.05) is 6.54 Å². The number of carboxylic acids is 1. The summed E-state index contributed by atoms with van der Waals surface area (Å²) in [5.41, 5.74) is -0.540. The van der Waals surface area contributed by atoms with Crippen LogP contribution < -0.4 is 5.32 Å². The van der Waals surface area contributed by atoms with Crippen molar-refractivity contribution in [2.24, 2.45) is 0 Å². The summed E-state index contributed by atoms with van der Waals surface area (Å²) in [5, 5.41) is 11.9. The Hall–Kier alpha value is -2.77. The smallest absolute Gasteiger partial charge is 0.410 e. The lowest BCUT2D eigenvalue weighted by atomic mass is 10.1. The summed E-state index contributed by atoms with van der Waals surface area (Å²) in [5.74, 6) is -1.17. The normalized spacial score (nSPS) is 12.6. The standard InChI is InChI=1S/C21H32N2O6/c1-20(2,3)28-18(26)22-16(12-15-10-8-7-9-11-15)13-23(14-17(24)25)19(27)29-21(4,5)6/h7-11,16H,12-14H2,1-6H3,(H,22,26)(H,24,25)/t16-/m0/s1. The number of nitrogens with one attached hydrogen (secondary N) is 1. The minimum Gasteiger partial charge on any atom is -0.480 e. The summed E-state index contributed by atoms with van der Waals surface area (Å²) in [6, 6.07) is 8.81. The molecule has 0 saturated heterocycles. The third kappa shape index (κ3) is 11.0. The SMILES string of the molecule is CC(C)(C)OC(=O)N[C@@H](Cc1ccccc1)CN(CC(=O)O)C(=O)OC(C)(C)C. The van der Waals surface area contributed by atoms with Crippen LogP contribution in [0, 0.1) is 0 Å². The number of benzene rings is 1. The molecule has 0 saturated carbocycles. The highest BCUT2D eigenvalue weighted by Gasteiger charge is 2.28. The number of aliphatic carboxylic acids is 1. The number of hydrogen-bond donors (Lipinski definition) is 2. The van der Waals surface area contributed by atoms with E-state index in [4.69, 9.17) is 9.47 Å². The minimum absolute atomic E-state index is 0.0463. The zero-order valence-electron chi connectivity index (χ0n) is 18.0. The summed E-state index contributed by atoms with van der Waals surface area (Å²) < 4.78 is 10.6. The Labute approximate surface area is 172 Å². The van der Waals surface area contributed by atoms with Gasteiger partial charge in [-0.2, -0.15) is 0 Å². The van der Waals surface area contributed by atoms with E-state index in [2.05, 4.69) is 5.32 Å². The molecule has 0 aliphatic rings. The molecule has 162 valence electrons. The van der Waals surface area contributed by atoms with Gasteiger partial charge in [0.2, 0.25) is 0 Å². The molecule has 0 aliphatic heterocycles. The van der Waals surface area contributed by atoms with Gasteiger partial charge in [0.1, 0.15) is 17.7 Å². The van der Waals surface area contributed by atoms with Crippen LogP contribution in [0.1, 0.15) is 47.1 Å². The van der Waals surface area contributed by atoms with Crippen LogP contribution in [-0.4, -0.2) is 58.5 Å². The topological polar surface area (TPSA) is 105 Å². The van der Waals surface area contributed by atoms with E-state index >= 15 is 0 Å². The third-order valence-corrected chi connectivity index (χ3v) is 3.46. The first-order chi connectivity index (χ1) is 13.2. The van der Waals surface area contributed by atoms with Crippen LogP contribution in [0.25, 0.3) is 0 Å². The van der Waals surface area contributed by atoms with Gasteiger partial charge in [0.25, 0.3) is 0 Å². The average Bonchev–Trinajstić information content (AvgIpc) is 2.51. The largest absolute Gasteiger partial charge is 0.480 e. The van der Waals surface area contributed by atoms with E-state index in [0.717, 1.165) is 10.5 Å². The number of alkyl carbamates (subject to hydrolysis) is 1. The molecule has 1 aromatic carbocycles. The fourth-order valence-electron chi connectivity index (χ4n) is 2.49. The molecule has 2 N–H and O–H groups in total. The zero-order valence-corrected chi connectivity index (χ0v) is 18.0.